The van der Waals surface area contributed by atoms with Crippen LogP contribution < -0.4 is 11.1 Å². The van der Waals surface area contributed by atoms with Crippen LogP contribution in [-0.2, 0) is 0 Å². The van der Waals surface area contributed by atoms with Crippen LogP contribution >= 0.6 is 22.6 Å². The minimum absolute atomic E-state index is 0.0811. The van der Waals surface area contributed by atoms with E-state index in [0.717, 1.165) is 3.57 Å². The van der Waals surface area contributed by atoms with E-state index in [0.29, 0.717) is 5.69 Å². The average Bonchev–Trinajstić information content (AvgIpc) is 2.35. The first kappa shape index (κ1) is 12.6. The Balaban J connectivity index is 2.28. The second kappa shape index (κ2) is 5.21. The minimum Gasteiger partial charge on any atom is -0.507 e. The van der Waals surface area contributed by atoms with Gasteiger partial charge in [0, 0.05) is 9.77 Å². The monoisotopic (exact) mass is 355 g/mol. The lowest BCUT2D eigenvalue weighted by atomic mass is 10.2. The number of nitrogens with zero attached hydrogens (tertiary/aromatic N) is 1. The van der Waals surface area contributed by atoms with E-state index in [4.69, 9.17) is 5.73 Å². The summed E-state index contributed by atoms with van der Waals surface area (Å²) in [5.74, 6) is -0.250. The Labute approximate surface area is 117 Å². The summed E-state index contributed by atoms with van der Waals surface area (Å²) in [7, 11) is 0. The van der Waals surface area contributed by atoms with Crippen LogP contribution in [0.1, 0.15) is 10.4 Å². The van der Waals surface area contributed by atoms with Crippen LogP contribution in [0.3, 0.4) is 0 Å². The Morgan fingerprint density at radius 3 is 2.89 bits per heavy atom. The van der Waals surface area contributed by atoms with Gasteiger partial charge in [0.25, 0.3) is 5.91 Å². The fourth-order valence-corrected chi connectivity index (χ4v) is 1.88. The molecule has 0 unspecified atom stereocenters. The first-order chi connectivity index (χ1) is 8.58. The number of nitrogen functional groups attached to an aromatic ring is 1. The lowest BCUT2D eigenvalue weighted by molar-refractivity contribution is 0.102. The number of carbonyl (C=O) groups excluding carboxylic acids is 1. The highest BCUT2D eigenvalue weighted by Gasteiger charge is 2.13. The largest absolute Gasteiger partial charge is 0.507 e. The number of hydrogen-bond donors (Lipinski definition) is 3. The molecule has 0 aliphatic carbocycles. The van der Waals surface area contributed by atoms with Gasteiger partial charge in [-0.25, -0.2) is 4.98 Å². The molecule has 18 heavy (non-hydrogen) atoms. The maximum atomic E-state index is 12.0. The number of nitrogens with two attached hydrogens (primary N) is 1. The SMILES string of the molecule is Nc1cccnc1NC(=O)c1cc(I)ccc1O. The highest BCUT2D eigenvalue weighted by Crippen LogP contribution is 2.22. The van der Waals surface area contributed by atoms with E-state index in [1.54, 1.807) is 24.3 Å². The van der Waals surface area contributed by atoms with Crippen LogP contribution in [0.15, 0.2) is 36.5 Å². The van der Waals surface area contributed by atoms with Crippen LogP contribution in [0.2, 0.25) is 0 Å². The number of amides is 1. The molecule has 5 nitrogen and oxygen atoms in total. The predicted octanol–water partition coefficient (Wildman–Crippen LogP) is 2.23. The Bertz CT molecular complexity index is 602. The summed E-state index contributed by atoms with van der Waals surface area (Å²) in [5, 5.41) is 12.2. The summed E-state index contributed by atoms with van der Waals surface area (Å²) in [6, 6.07) is 8.08. The molecule has 1 aromatic carbocycles. The van der Waals surface area contributed by atoms with Gasteiger partial charge in [-0.3, -0.25) is 4.79 Å². The van der Waals surface area contributed by atoms with Crippen molar-refractivity contribution < 1.29 is 9.90 Å². The number of nitrogens with one attached hydrogen (secondary N) is 1. The number of aromatic nitrogens is 1. The van der Waals surface area contributed by atoms with Gasteiger partial charge in [0.2, 0.25) is 0 Å². The van der Waals surface area contributed by atoms with Crippen molar-refractivity contribution in [2.75, 3.05) is 11.1 Å². The van der Waals surface area contributed by atoms with Gasteiger partial charge in [-0.2, -0.15) is 0 Å². The molecule has 2 rings (SSSR count). The molecule has 0 aliphatic rings. The maximum Gasteiger partial charge on any atom is 0.260 e. The van der Waals surface area contributed by atoms with Crippen LogP contribution in [-0.4, -0.2) is 16.0 Å². The third-order valence-corrected chi connectivity index (χ3v) is 2.95. The van der Waals surface area contributed by atoms with Gasteiger partial charge < -0.3 is 16.2 Å². The highest BCUT2D eigenvalue weighted by atomic mass is 127. The lowest BCUT2D eigenvalue weighted by Gasteiger charge is -2.08. The fourth-order valence-electron chi connectivity index (χ4n) is 1.39. The molecule has 0 spiro atoms. The van der Waals surface area contributed by atoms with E-state index in [1.807, 2.05) is 0 Å². The molecule has 1 heterocycles. The number of pyridine rings is 1. The van der Waals surface area contributed by atoms with Crippen molar-refractivity contribution in [2.24, 2.45) is 0 Å². The summed E-state index contributed by atoms with van der Waals surface area (Å²) >= 11 is 2.06. The molecule has 0 atom stereocenters. The van der Waals surface area contributed by atoms with E-state index < -0.39 is 5.91 Å². The molecule has 1 aromatic heterocycles. The lowest BCUT2D eigenvalue weighted by Crippen LogP contribution is -2.14. The van der Waals surface area contributed by atoms with Crippen molar-refractivity contribution >= 4 is 40.0 Å². The number of rotatable bonds is 2. The molecule has 6 heteroatoms. The molecule has 0 saturated carbocycles. The van der Waals surface area contributed by atoms with Gasteiger partial charge in [-0.05, 0) is 52.9 Å². The molecular formula is C12H10IN3O2. The topological polar surface area (TPSA) is 88.2 Å². The number of phenols is 1. The number of halogens is 1. The van der Waals surface area contributed by atoms with Crippen LogP contribution in [0, 0.1) is 3.57 Å². The number of aromatic hydroxyl groups is 1. The summed E-state index contributed by atoms with van der Waals surface area (Å²) in [6.45, 7) is 0. The van der Waals surface area contributed by atoms with Crippen LogP contribution in [0.5, 0.6) is 5.75 Å². The Kier molecular flexibility index (Phi) is 3.66. The van der Waals surface area contributed by atoms with Gasteiger partial charge in [-0.1, -0.05) is 0 Å². The zero-order valence-corrected chi connectivity index (χ0v) is 11.4. The zero-order valence-electron chi connectivity index (χ0n) is 9.22. The van der Waals surface area contributed by atoms with Crippen LogP contribution in [0.25, 0.3) is 0 Å². The van der Waals surface area contributed by atoms with Crippen molar-refractivity contribution in [2.45, 2.75) is 0 Å². The normalized spacial score (nSPS) is 10.1. The standard InChI is InChI=1S/C12H10IN3O2/c13-7-3-4-10(17)8(6-7)12(18)16-11-9(14)2-1-5-15-11/h1-6,17H,14H2,(H,15,16,18). The Morgan fingerprint density at radius 1 is 1.39 bits per heavy atom. The number of phenolic OH excluding ortho intramolecular Hbond substituents is 1. The second-order valence-electron chi connectivity index (χ2n) is 3.56. The summed E-state index contributed by atoms with van der Waals surface area (Å²) in [6.07, 6.45) is 1.53. The average molecular weight is 355 g/mol. The van der Waals surface area contributed by atoms with Crippen molar-refractivity contribution in [3.63, 3.8) is 0 Å². The third kappa shape index (κ3) is 2.70. The maximum absolute atomic E-state index is 12.0. The second-order valence-corrected chi connectivity index (χ2v) is 4.80. The Morgan fingerprint density at radius 2 is 2.17 bits per heavy atom. The molecule has 0 radical (unpaired) electrons. The zero-order chi connectivity index (χ0) is 13.1. The molecule has 0 bridgehead atoms. The van der Waals surface area contributed by atoms with E-state index in [2.05, 4.69) is 32.9 Å². The van der Waals surface area contributed by atoms with Gasteiger partial charge >= 0.3 is 0 Å². The molecule has 4 N–H and O–H groups in total. The number of anilines is 2. The van der Waals surface area contributed by atoms with E-state index in [-0.39, 0.29) is 17.1 Å². The van der Waals surface area contributed by atoms with Crippen molar-refractivity contribution in [3.8, 4) is 5.75 Å². The van der Waals surface area contributed by atoms with E-state index in [9.17, 15) is 9.90 Å². The molecule has 0 saturated heterocycles. The highest BCUT2D eigenvalue weighted by molar-refractivity contribution is 14.1. The third-order valence-electron chi connectivity index (χ3n) is 2.27. The summed E-state index contributed by atoms with van der Waals surface area (Å²) < 4.78 is 0.851. The van der Waals surface area contributed by atoms with Crippen LogP contribution in [0.4, 0.5) is 11.5 Å². The quantitative estimate of drug-likeness (QED) is 0.721. The molecule has 0 aliphatic heterocycles. The first-order valence-electron chi connectivity index (χ1n) is 5.08. The first-order valence-corrected chi connectivity index (χ1v) is 6.16. The predicted molar refractivity (Wildman–Crippen MR) is 77.4 cm³/mol. The molecular weight excluding hydrogens is 345 g/mol. The van der Waals surface area contributed by atoms with Crippen molar-refractivity contribution in [1.82, 2.24) is 4.98 Å². The molecule has 2 aromatic rings. The summed E-state index contributed by atoms with van der Waals surface area (Å²) in [5.41, 5.74) is 6.23. The smallest absolute Gasteiger partial charge is 0.260 e. The fraction of sp³-hybridized carbons (Fsp3) is 0. The van der Waals surface area contributed by atoms with Crippen molar-refractivity contribution in [1.29, 1.82) is 0 Å². The van der Waals surface area contributed by atoms with E-state index >= 15 is 0 Å². The molecule has 92 valence electrons. The van der Waals surface area contributed by atoms with Gasteiger partial charge in [0.05, 0.1) is 11.3 Å². The number of hydrogen-bond acceptors (Lipinski definition) is 4. The molecule has 1 amide bonds. The van der Waals surface area contributed by atoms with Gasteiger partial charge in [0.15, 0.2) is 5.82 Å². The Hall–Kier alpha value is -1.83. The number of carbonyl (C=O) groups is 1. The van der Waals surface area contributed by atoms with Crippen molar-refractivity contribution in [3.05, 3.63) is 45.7 Å². The minimum atomic E-state index is -0.448. The summed E-state index contributed by atoms with van der Waals surface area (Å²) in [4.78, 5) is 15.9. The van der Waals surface area contributed by atoms with Gasteiger partial charge in [0.1, 0.15) is 5.75 Å². The molecule has 0 fully saturated rings. The number of benzene rings is 1. The van der Waals surface area contributed by atoms with E-state index in [1.165, 1.54) is 12.3 Å². The van der Waals surface area contributed by atoms with Gasteiger partial charge in [-0.15, -0.1) is 0 Å².